The molecule has 4 rings (SSSR count). The second-order valence-electron chi connectivity index (χ2n) is 7.13. The van der Waals surface area contributed by atoms with Crippen LogP contribution in [-0.2, 0) is 11.2 Å². The quantitative estimate of drug-likeness (QED) is 0.714. The molecule has 0 bridgehead atoms. The highest BCUT2D eigenvalue weighted by Gasteiger charge is 2.22. The third kappa shape index (κ3) is 4.21. The molecule has 0 atom stereocenters. The van der Waals surface area contributed by atoms with E-state index in [4.69, 9.17) is 4.98 Å². The van der Waals surface area contributed by atoms with Gasteiger partial charge in [0.1, 0.15) is 5.82 Å². The van der Waals surface area contributed by atoms with Crippen molar-refractivity contribution in [1.29, 1.82) is 0 Å². The van der Waals surface area contributed by atoms with Gasteiger partial charge in [0.05, 0.1) is 11.0 Å². The lowest BCUT2D eigenvalue weighted by Crippen LogP contribution is -2.44. The Morgan fingerprint density at radius 1 is 1.07 bits per heavy atom. The lowest BCUT2D eigenvalue weighted by molar-refractivity contribution is -0.132. The molecule has 2 aromatic carbocycles. The number of nitrogens with one attached hydrogen (secondary N) is 1. The molecular weight excluding hydrogens is 372 g/mol. The molecule has 0 unspecified atom stereocenters. The number of amides is 1. The highest BCUT2D eigenvalue weighted by Crippen LogP contribution is 2.22. The second-order valence-corrected chi connectivity index (χ2v) is 7.13. The number of rotatable bonds is 5. The molecule has 1 fully saturated rings. The highest BCUT2D eigenvalue weighted by atomic mass is 35.5. The SMILES string of the molecule is CNC1CCN(C(=O)CCc2nc3ccccc3n2-c2ccccc2)CC1.Cl. The van der Waals surface area contributed by atoms with Crippen LogP contribution in [0.3, 0.4) is 0 Å². The molecule has 0 spiro atoms. The minimum Gasteiger partial charge on any atom is -0.343 e. The number of fused-ring (bicyclic) bond motifs is 1. The third-order valence-electron chi connectivity index (χ3n) is 5.46. The van der Waals surface area contributed by atoms with Crippen molar-refractivity contribution in [2.24, 2.45) is 0 Å². The number of aromatic nitrogens is 2. The number of halogens is 1. The van der Waals surface area contributed by atoms with E-state index in [1.807, 2.05) is 48.3 Å². The molecule has 1 aromatic heterocycles. The summed E-state index contributed by atoms with van der Waals surface area (Å²) in [6.45, 7) is 1.69. The largest absolute Gasteiger partial charge is 0.343 e. The van der Waals surface area contributed by atoms with Crippen LogP contribution in [0.2, 0.25) is 0 Å². The molecule has 5 nitrogen and oxygen atoms in total. The third-order valence-corrected chi connectivity index (χ3v) is 5.46. The maximum absolute atomic E-state index is 12.7. The molecule has 2 heterocycles. The van der Waals surface area contributed by atoms with Crippen molar-refractivity contribution < 1.29 is 4.79 Å². The number of para-hydroxylation sites is 3. The molecule has 1 aliphatic heterocycles. The number of nitrogens with zero attached hydrogens (tertiary/aromatic N) is 3. The summed E-state index contributed by atoms with van der Waals surface area (Å²) in [5.41, 5.74) is 3.14. The fourth-order valence-electron chi connectivity index (χ4n) is 3.90. The number of likely N-dealkylation sites (tertiary alicyclic amines) is 1. The molecule has 1 aliphatic rings. The van der Waals surface area contributed by atoms with E-state index in [2.05, 4.69) is 28.1 Å². The van der Waals surface area contributed by atoms with E-state index in [0.29, 0.717) is 18.9 Å². The summed E-state index contributed by atoms with van der Waals surface area (Å²) in [4.78, 5) is 19.5. The number of benzene rings is 2. The van der Waals surface area contributed by atoms with Gasteiger partial charge in [-0.3, -0.25) is 9.36 Å². The summed E-state index contributed by atoms with van der Waals surface area (Å²) in [5, 5.41) is 3.31. The first-order valence-electron chi connectivity index (χ1n) is 9.73. The van der Waals surface area contributed by atoms with E-state index in [1.165, 1.54) is 0 Å². The second kappa shape index (κ2) is 9.22. The molecule has 1 saturated heterocycles. The lowest BCUT2D eigenvalue weighted by atomic mass is 10.0. The number of aryl methyl sites for hydroxylation is 1. The zero-order valence-corrected chi connectivity index (χ0v) is 17.0. The number of hydrogen-bond donors (Lipinski definition) is 1. The van der Waals surface area contributed by atoms with Gasteiger partial charge in [0.25, 0.3) is 0 Å². The number of carbonyl (C=O) groups excluding carboxylic acids is 1. The van der Waals surface area contributed by atoms with Crippen molar-refractivity contribution in [2.75, 3.05) is 20.1 Å². The molecular formula is C22H27ClN4O. The summed E-state index contributed by atoms with van der Waals surface area (Å²) < 4.78 is 2.18. The minimum absolute atomic E-state index is 0. The van der Waals surface area contributed by atoms with Gasteiger partial charge in [-0.1, -0.05) is 30.3 Å². The van der Waals surface area contributed by atoms with Crippen LogP contribution in [0.5, 0.6) is 0 Å². The lowest BCUT2D eigenvalue weighted by Gasteiger charge is -2.31. The Hall–Kier alpha value is -2.37. The van der Waals surface area contributed by atoms with E-state index < -0.39 is 0 Å². The van der Waals surface area contributed by atoms with Crippen molar-refractivity contribution in [3.05, 3.63) is 60.4 Å². The van der Waals surface area contributed by atoms with Gasteiger partial charge in [0.2, 0.25) is 5.91 Å². The fraction of sp³-hybridized carbons (Fsp3) is 0.364. The normalized spacial score (nSPS) is 14.8. The smallest absolute Gasteiger partial charge is 0.223 e. The Kier molecular flexibility index (Phi) is 6.70. The van der Waals surface area contributed by atoms with Crippen LogP contribution in [0.1, 0.15) is 25.1 Å². The van der Waals surface area contributed by atoms with Gasteiger partial charge in [-0.2, -0.15) is 0 Å². The maximum Gasteiger partial charge on any atom is 0.223 e. The topological polar surface area (TPSA) is 50.2 Å². The number of piperidine rings is 1. The van der Waals surface area contributed by atoms with Crippen molar-refractivity contribution in [2.45, 2.75) is 31.7 Å². The zero-order valence-electron chi connectivity index (χ0n) is 16.2. The van der Waals surface area contributed by atoms with Crippen LogP contribution in [0.4, 0.5) is 0 Å². The highest BCUT2D eigenvalue weighted by molar-refractivity contribution is 5.85. The predicted molar refractivity (Wildman–Crippen MR) is 115 cm³/mol. The summed E-state index contributed by atoms with van der Waals surface area (Å²) in [5.74, 6) is 1.18. The maximum atomic E-state index is 12.7. The van der Waals surface area contributed by atoms with Gasteiger partial charge >= 0.3 is 0 Å². The van der Waals surface area contributed by atoms with Crippen molar-refractivity contribution >= 4 is 29.3 Å². The minimum atomic E-state index is 0. The molecule has 0 aliphatic carbocycles. The Balaban J connectivity index is 0.00000225. The van der Waals surface area contributed by atoms with Gasteiger partial charge in [-0.25, -0.2) is 4.98 Å². The van der Waals surface area contributed by atoms with Gasteiger partial charge in [-0.05, 0) is 44.2 Å². The standard InChI is InChI=1S/C22H26N4O.ClH/c1-23-17-13-15-25(16-14-17)22(27)12-11-21-24-19-9-5-6-10-20(19)26(21)18-7-3-2-4-8-18;/h2-10,17,23H,11-16H2,1H3;1H. The first-order valence-corrected chi connectivity index (χ1v) is 9.73. The molecule has 148 valence electrons. The van der Waals surface area contributed by atoms with E-state index in [-0.39, 0.29) is 18.3 Å². The van der Waals surface area contributed by atoms with Gasteiger partial charge < -0.3 is 10.2 Å². The van der Waals surface area contributed by atoms with E-state index in [9.17, 15) is 4.79 Å². The van der Waals surface area contributed by atoms with Crippen molar-refractivity contribution in [1.82, 2.24) is 19.8 Å². The zero-order chi connectivity index (χ0) is 18.6. The predicted octanol–water partition coefficient (Wildman–Crippen LogP) is 3.59. The number of imidazole rings is 1. The van der Waals surface area contributed by atoms with Gasteiger partial charge in [-0.15, -0.1) is 12.4 Å². The molecule has 6 heteroatoms. The Morgan fingerprint density at radius 3 is 2.46 bits per heavy atom. The molecule has 0 radical (unpaired) electrons. The van der Waals surface area contributed by atoms with Crippen LogP contribution >= 0.6 is 12.4 Å². The van der Waals surface area contributed by atoms with Crippen LogP contribution in [0.25, 0.3) is 16.7 Å². The molecule has 1 amide bonds. The average Bonchev–Trinajstić information content (AvgIpc) is 3.11. The fourth-order valence-corrected chi connectivity index (χ4v) is 3.90. The molecule has 0 saturated carbocycles. The summed E-state index contributed by atoms with van der Waals surface area (Å²) in [7, 11) is 2.00. The number of hydrogen-bond acceptors (Lipinski definition) is 3. The van der Waals surface area contributed by atoms with E-state index >= 15 is 0 Å². The van der Waals surface area contributed by atoms with Crippen LogP contribution in [0, 0.1) is 0 Å². The van der Waals surface area contributed by atoms with Crippen molar-refractivity contribution in [3.8, 4) is 5.69 Å². The first-order chi connectivity index (χ1) is 13.3. The average molecular weight is 399 g/mol. The molecule has 28 heavy (non-hydrogen) atoms. The molecule has 3 aromatic rings. The summed E-state index contributed by atoms with van der Waals surface area (Å²) in [6.07, 6.45) is 3.21. The van der Waals surface area contributed by atoms with Crippen LogP contribution in [-0.4, -0.2) is 46.5 Å². The van der Waals surface area contributed by atoms with Crippen LogP contribution in [0.15, 0.2) is 54.6 Å². The van der Waals surface area contributed by atoms with Crippen molar-refractivity contribution in [3.63, 3.8) is 0 Å². The first kappa shape index (κ1) is 20.4. The van der Waals surface area contributed by atoms with Gasteiger partial charge in [0, 0.05) is 37.7 Å². The summed E-state index contributed by atoms with van der Waals surface area (Å²) in [6, 6.07) is 18.9. The Bertz CT molecular complexity index is 917. The van der Waals surface area contributed by atoms with Gasteiger partial charge in [0.15, 0.2) is 0 Å². The monoisotopic (exact) mass is 398 g/mol. The van der Waals surface area contributed by atoms with E-state index in [0.717, 1.165) is 48.5 Å². The molecule has 1 N–H and O–H groups in total. The summed E-state index contributed by atoms with van der Waals surface area (Å²) >= 11 is 0. The van der Waals surface area contributed by atoms with Crippen LogP contribution < -0.4 is 5.32 Å². The number of carbonyl (C=O) groups is 1. The Morgan fingerprint density at radius 2 is 1.75 bits per heavy atom. The Labute approximate surface area is 172 Å². The van der Waals surface area contributed by atoms with E-state index in [1.54, 1.807) is 0 Å².